The standard InChI is InChI=1S/C13H11F3N2O2/c1-7-10(12(19)20)17-18(2)11(7)8-3-5-9(6-4-8)13(14,15)16/h3-6H,1-2H3,(H,19,20). The Labute approximate surface area is 112 Å². The summed E-state index contributed by atoms with van der Waals surface area (Å²) in [4.78, 5) is 11.0. The SMILES string of the molecule is Cc1c(C(=O)O)nn(C)c1-c1ccc(C(F)(F)F)cc1. The molecule has 0 spiro atoms. The number of aryl methyl sites for hydroxylation is 1. The summed E-state index contributed by atoms with van der Waals surface area (Å²) in [7, 11) is 1.55. The van der Waals surface area contributed by atoms with Gasteiger partial charge in [-0.2, -0.15) is 18.3 Å². The first-order valence-electron chi connectivity index (χ1n) is 5.66. The molecule has 1 aromatic heterocycles. The van der Waals surface area contributed by atoms with Gasteiger partial charge in [0.25, 0.3) is 0 Å². The van der Waals surface area contributed by atoms with Gasteiger partial charge in [0.05, 0.1) is 11.3 Å². The van der Waals surface area contributed by atoms with Crippen LogP contribution in [0.5, 0.6) is 0 Å². The van der Waals surface area contributed by atoms with Crippen LogP contribution < -0.4 is 0 Å². The van der Waals surface area contributed by atoms with Gasteiger partial charge in [-0.3, -0.25) is 4.68 Å². The van der Waals surface area contributed by atoms with E-state index in [1.807, 2.05) is 0 Å². The van der Waals surface area contributed by atoms with Crippen LogP contribution in [-0.4, -0.2) is 20.9 Å². The first kappa shape index (κ1) is 14.1. The first-order valence-corrected chi connectivity index (χ1v) is 5.66. The van der Waals surface area contributed by atoms with Gasteiger partial charge in [-0.1, -0.05) is 12.1 Å². The zero-order valence-electron chi connectivity index (χ0n) is 10.7. The maximum Gasteiger partial charge on any atom is 0.416 e. The van der Waals surface area contributed by atoms with Crippen LogP contribution in [0.1, 0.15) is 21.6 Å². The lowest BCUT2D eigenvalue weighted by atomic mass is 10.0. The van der Waals surface area contributed by atoms with Gasteiger partial charge in [-0.15, -0.1) is 0 Å². The topological polar surface area (TPSA) is 55.1 Å². The van der Waals surface area contributed by atoms with Crippen LogP contribution in [0.4, 0.5) is 13.2 Å². The zero-order chi connectivity index (χ0) is 15.1. The lowest BCUT2D eigenvalue weighted by Gasteiger charge is -2.08. The van der Waals surface area contributed by atoms with E-state index in [-0.39, 0.29) is 5.69 Å². The molecule has 0 saturated heterocycles. The number of halogens is 3. The number of benzene rings is 1. The number of alkyl halides is 3. The summed E-state index contributed by atoms with van der Waals surface area (Å²) in [6, 6.07) is 4.53. The molecule has 0 bridgehead atoms. The molecule has 0 fully saturated rings. The molecular formula is C13H11F3N2O2. The first-order chi connectivity index (χ1) is 9.21. The highest BCUT2D eigenvalue weighted by Gasteiger charge is 2.30. The molecule has 1 heterocycles. The molecule has 20 heavy (non-hydrogen) atoms. The fraction of sp³-hybridized carbons (Fsp3) is 0.231. The highest BCUT2D eigenvalue weighted by molar-refractivity contribution is 5.89. The highest BCUT2D eigenvalue weighted by atomic mass is 19.4. The van der Waals surface area contributed by atoms with Crippen molar-refractivity contribution in [3.63, 3.8) is 0 Å². The number of hydrogen-bond acceptors (Lipinski definition) is 2. The van der Waals surface area contributed by atoms with Gasteiger partial charge < -0.3 is 5.11 Å². The second-order valence-corrected chi connectivity index (χ2v) is 4.33. The van der Waals surface area contributed by atoms with Gasteiger partial charge in [0.15, 0.2) is 5.69 Å². The molecule has 2 aromatic rings. The van der Waals surface area contributed by atoms with E-state index in [1.165, 1.54) is 16.8 Å². The van der Waals surface area contributed by atoms with Crippen LogP contribution in [0.3, 0.4) is 0 Å². The van der Waals surface area contributed by atoms with E-state index in [2.05, 4.69) is 5.10 Å². The summed E-state index contributed by atoms with van der Waals surface area (Å²) in [5, 5.41) is 12.8. The molecule has 0 aliphatic rings. The second-order valence-electron chi connectivity index (χ2n) is 4.33. The van der Waals surface area contributed by atoms with Gasteiger partial charge in [0.2, 0.25) is 0 Å². The van der Waals surface area contributed by atoms with E-state index in [1.54, 1.807) is 14.0 Å². The van der Waals surface area contributed by atoms with Crippen LogP contribution in [0.15, 0.2) is 24.3 Å². The Bertz CT molecular complexity index is 657. The van der Waals surface area contributed by atoms with Crippen molar-refractivity contribution in [2.24, 2.45) is 7.05 Å². The van der Waals surface area contributed by atoms with E-state index in [9.17, 15) is 18.0 Å². The molecular weight excluding hydrogens is 273 g/mol. The summed E-state index contributed by atoms with van der Waals surface area (Å²) in [6.45, 7) is 1.57. The fourth-order valence-electron chi connectivity index (χ4n) is 2.05. The monoisotopic (exact) mass is 284 g/mol. The largest absolute Gasteiger partial charge is 0.476 e. The van der Waals surface area contributed by atoms with Crippen LogP contribution in [0.25, 0.3) is 11.3 Å². The Balaban J connectivity index is 2.50. The van der Waals surface area contributed by atoms with Crippen molar-refractivity contribution in [1.82, 2.24) is 9.78 Å². The molecule has 0 atom stereocenters. The van der Waals surface area contributed by atoms with Crippen LogP contribution >= 0.6 is 0 Å². The van der Waals surface area contributed by atoms with E-state index < -0.39 is 17.7 Å². The number of rotatable bonds is 2. The lowest BCUT2D eigenvalue weighted by Crippen LogP contribution is -2.04. The fourth-order valence-corrected chi connectivity index (χ4v) is 2.05. The van der Waals surface area contributed by atoms with Crippen LogP contribution in [-0.2, 0) is 13.2 Å². The molecule has 0 saturated carbocycles. The van der Waals surface area contributed by atoms with Crippen LogP contribution in [0.2, 0.25) is 0 Å². The molecule has 0 aliphatic carbocycles. The van der Waals surface area contributed by atoms with E-state index in [0.717, 1.165) is 12.1 Å². The molecule has 0 radical (unpaired) electrons. The third-order valence-electron chi connectivity index (χ3n) is 2.97. The lowest BCUT2D eigenvalue weighted by molar-refractivity contribution is -0.137. The van der Waals surface area contributed by atoms with Gasteiger partial charge in [0, 0.05) is 18.2 Å². The van der Waals surface area contributed by atoms with Gasteiger partial charge in [-0.25, -0.2) is 4.79 Å². The number of carboxylic acid groups (broad SMARTS) is 1. The number of carbonyl (C=O) groups is 1. The molecule has 4 nitrogen and oxygen atoms in total. The average molecular weight is 284 g/mol. The number of aromatic nitrogens is 2. The minimum Gasteiger partial charge on any atom is -0.476 e. The summed E-state index contributed by atoms with van der Waals surface area (Å²) >= 11 is 0. The van der Waals surface area contributed by atoms with E-state index in [0.29, 0.717) is 16.8 Å². The maximum atomic E-state index is 12.5. The number of hydrogen-bond donors (Lipinski definition) is 1. The van der Waals surface area contributed by atoms with Crippen molar-refractivity contribution >= 4 is 5.97 Å². The molecule has 2 rings (SSSR count). The second kappa shape index (κ2) is 4.66. The van der Waals surface area contributed by atoms with E-state index in [4.69, 9.17) is 5.11 Å². The average Bonchev–Trinajstić information content (AvgIpc) is 2.64. The molecule has 106 valence electrons. The molecule has 0 amide bonds. The Morgan fingerprint density at radius 2 is 1.80 bits per heavy atom. The number of aromatic carboxylic acids is 1. The molecule has 1 aromatic carbocycles. The van der Waals surface area contributed by atoms with Gasteiger partial charge in [0.1, 0.15) is 0 Å². The molecule has 0 aliphatic heterocycles. The normalized spacial score (nSPS) is 11.7. The quantitative estimate of drug-likeness (QED) is 0.921. The van der Waals surface area contributed by atoms with Gasteiger partial charge >= 0.3 is 12.1 Å². The van der Waals surface area contributed by atoms with Crippen molar-refractivity contribution in [3.05, 3.63) is 41.1 Å². The minimum atomic E-state index is -4.40. The Hall–Kier alpha value is -2.31. The van der Waals surface area contributed by atoms with E-state index >= 15 is 0 Å². The smallest absolute Gasteiger partial charge is 0.416 e. The van der Waals surface area contributed by atoms with Crippen molar-refractivity contribution in [1.29, 1.82) is 0 Å². The predicted molar refractivity (Wildman–Crippen MR) is 65.3 cm³/mol. The predicted octanol–water partition coefficient (Wildman–Crippen LogP) is 3.11. The maximum absolute atomic E-state index is 12.5. The van der Waals surface area contributed by atoms with Crippen molar-refractivity contribution in [3.8, 4) is 11.3 Å². The summed E-state index contributed by atoms with van der Waals surface area (Å²) < 4.78 is 38.8. The Morgan fingerprint density at radius 1 is 1.25 bits per heavy atom. The summed E-state index contributed by atoms with van der Waals surface area (Å²) in [5.74, 6) is -1.17. The van der Waals surface area contributed by atoms with Crippen molar-refractivity contribution < 1.29 is 23.1 Å². The number of carboxylic acids is 1. The third-order valence-corrected chi connectivity index (χ3v) is 2.97. The molecule has 1 N–H and O–H groups in total. The molecule has 7 heteroatoms. The van der Waals surface area contributed by atoms with Gasteiger partial charge in [-0.05, 0) is 19.1 Å². The number of nitrogens with zero attached hydrogens (tertiary/aromatic N) is 2. The summed E-state index contributed by atoms with van der Waals surface area (Å²) in [5.41, 5.74) is 0.524. The Morgan fingerprint density at radius 3 is 2.20 bits per heavy atom. The summed E-state index contributed by atoms with van der Waals surface area (Å²) in [6.07, 6.45) is -4.40. The van der Waals surface area contributed by atoms with Crippen LogP contribution in [0, 0.1) is 6.92 Å². The minimum absolute atomic E-state index is 0.109. The van der Waals surface area contributed by atoms with Crippen molar-refractivity contribution in [2.75, 3.05) is 0 Å². The Kier molecular flexibility index (Phi) is 3.29. The highest BCUT2D eigenvalue weighted by Crippen LogP contribution is 2.32. The van der Waals surface area contributed by atoms with Crippen molar-refractivity contribution in [2.45, 2.75) is 13.1 Å². The molecule has 0 unspecified atom stereocenters. The third kappa shape index (κ3) is 2.38. The zero-order valence-corrected chi connectivity index (χ0v) is 10.7.